The molecule has 0 aromatic heterocycles. The molecule has 0 aromatic rings. The Morgan fingerprint density at radius 2 is 1.86 bits per heavy atom. The van der Waals surface area contributed by atoms with E-state index in [1.54, 1.807) is 20.8 Å². The van der Waals surface area contributed by atoms with Crippen LogP contribution in [0.2, 0.25) is 0 Å². The van der Waals surface area contributed by atoms with Crippen molar-refractivity contribution < 1.29 is 14.5 Å². The van der Waals surface area contributed by atoms with Crippen LogP contribution in [0, 0.1) is 11.8 Å². The standard InChI is InChI=1S/C10H17O3P/c1-5-8-10(4,9(11)12)14(13,6-2)7-3/h6-7H2,1-4H3,(H,11,12). The lowest BCUT2D eigenvalue weighted by Gasteiger charge is -2.28. The van der Waals surface area contributed by atoms with Crippen LogP contribution in [0.5, 0.6) is 0 Å². The lowest BCUT2D eigenvalue weighted by atomic mass is 10.2. The van der Waals surface area contributed by atoms with Gasteiger partial charge in [-0.25, -0.2) is 0 Å². The quantitative estimate of drug-likeness (QED) is 0.579. The summed E-state index contributed by atoms with van der Waals surface area (Å²) < 4.78 is 12.3. The van der Waals surface area contributed by atoms with Crippen LogP contribution in [-0.2, 0) is 9.36 Å². The number of rotatable bonds is 4. The average Bonchev–Trinajstić information content (AvgIpc) is 2.16. The third-order valence-corrected chi connectivity index (χ3v) is 6.60. The summed E-state index contributed by atoms with van der Waals surface area (Å²) >= 11 is 0. The first-order valence-electron chi connectivity index (χ1n) is 4.63. The van der Waals surface area contributed by atoms with E-state index in [1.807, 2.05) is 0 Å². The summed E-state index contributed by atoms with van der Waals surface area (Å²) in [7, 11) is -2.75. The third-order valence-electron chi connectivity index (χ3n) is 2.62. The van der Waals surface area contributed by atoms with Gasteiger partial charge in [-0.3, -0.25) is 4.79 Å². The molecule has 0 fully saturated rings. The average molecular weight is 216 g/mol. The Morgan fingerprint density at radius 3 is 2.07 bits per heavy atom. The Kier molecular flexibility index (Phi) is 4.42. The van der Waals surface area contributed by atoms with E-state index in [2.05, 4.69) is 11.8 Å². The highest BCUT2D eigenvalue weighted by molar-refractivity contribution is 7.66. The Labute approximate surface area is 85.3 Å². The van der Waals surface area contributed by atoms with Gasteiger partial charge in [-0.2, -0.15) is 0 Å². The highest BCUT2D eigenvalue weighted by Crippen LogP contribution is 2.57. The van der Waals surface area contributed by atoms with E-state index >= 15 is 0 Å². The minimum Gasteiger partial charge on any atom is -0.480 e. The predicted octanol–water partition coefficient (Wildman–Crippen LogP) is 2.26. The van der Waals surface area contributed by atoms with Gasteiger partial charge in [0, 0.05) is 12.3 Å². The molecule has 0 saturated carbocycles. The zero-order valence-corrected chi connectivity index (χ0v) is 10.0. The molecule has 0 spiro atoms. The maximum atomic E-state index is 12.3. The molecule has 0 saturated heterocycles. The highest BCUT2D eigenvalue weighted by atomic mass is 31.2. The molecule has 0 aromatic carbocycles. The van der Waals surface area contributed by atoms with Crippen molar-refractivity contribution in [3.8, 4) is 11.8 Å². The maximum absolute atomic E-state index is 12.3. The lowest BCUT2D eigenvalue weighted by molar-refractivity contribution is -0.138. The Morgan fingerprint density at radius 1 is 1.43 bits per heavy atom. The molecule has 1 atom stereocenters. The van der Waals surface area contributed by atoms with E-state index in [0.29, 0.717) is 12.3 Å². The second kappa shape index (κ2) is 4.66. The summed E-state index contributed by atoms with van der Waals surface area (Å²) in [4.78, 5) is 11.1. The molecular weight excluding hydrogens is 199 g/mol. The van der Waals surface area contributed by atoms with Crippen LogP contribution in [0.3, 0.4) is 0 Å². The molecule has 0 aliphatic rings. The number of aliphatic carboxylic acids is 1. The molecule has 1 N–H and O–H groups in total. The lowest BCUT2D eigenvalue weighted by Crippen LogP contribution is -2.35. The van der Waals surface area contributed by atoms with Gasteiger partial charge in [0.1, 0.15) is 7.14 Å². The van der Waals surface area contributed by atoms with Crippen LogP contribution >= 0.6 is 7.14 Å². The first-order chi connectivity index (χ1) is 6.38. The van der Waals surface area contributed by atoms with Gasteiger partial charge in [0.25, 0.3) is 0 Å². The van der Waals surface area contributed by atoms with Gasteiger partial charge in [-0.1, -0.05) is 19.8 Å². The molecule has 3 nitrogen and oxygen atoms in total. The number of carboxylic acid groups (broad SMARTS) is 1. The van der Waals surface area contributed by atoms with E-state index in [9.17, 15) is 9.36 Å². The SMILES string of the molecule is CC#CC(C)(C(=O)O)P(=O)(CC)CC. The summed E-state index contributed by atoms with van der Waals surface area (Å²) in [6, 6.07) is 0. The van der Waals surface area contributed by atoms with Gasteiger partial charge in [0.05, 0.1) is 0 Å². The Bertz CT molecular complexity index is 316. The van der Waals surface area contributed by atoms with Crippen molar-refractivity contribution in [3.63, 3.8) is 0 Å². The molecule has 4 heteroatoms. The second-order valence-electron chi connectivity index (χ2n) is 3.27. The van der Waals surface area contributed by atoms with Gasteiger partial charge < -0.3 is 9.67 Å². The summed E-state index contributed by atoms with van der Waals surface area (Å²) in [5, 5.41) is 7.70. The van der Waals surface area contributed by atoms with Crippen molar-refractivity contribution in [1.82, 2.24) is 0 Å². The third kappa shape index (κ3) is 2.01. The molecule has 1 unspecified atom stereocenters. The molecule has 0 radical (unpaired) electrons. The molecule has 0 rings (SSSR count). The van der Waals surface area contributed by atoms with Crippen LogP contribution in [0.4, 0.5) is 0 Å². The predicted molar refractivity (Wildman–Crippen MR) is 58.2 cm³/mol. The molecule has 80 valence electrons. The molecule has 0 heterocycles. The number of hydrogen-bond acceptors (Lipinski definition) is 2. The summed E-state index contributed by atoms with van der Waals surface area (Å²) in [5.41, 5.74) is 0. The number of hydrogen-bond donors (Lipinski definition) is 1. The maximum Gasteiger partial charge on any atom is 0.329 e. The van der Waals surface area contributed by atoms with E-state index < -0.39 is 18.3 Å². The van der Waals surface area contributed by atoms with Crippen LogP contribution < -0.4 is 0 Å². The molecule has 14 heavy (non-hydrogen) atoms. The van der Waals surface area contributed by atoms with Gasteiger partial charge in [0.15, 0.2) is 5.16 Å². The minimum atomic E-state index is -2.75. The first kappa shape index (κ1) is 13.3. The molecule has 0 aliphatic heterocycles. The van der Waals surface area contributed by atoms with Gasteiger partial charge in [0.2, 0.25) is 0 Å². The minimum absolute atomic E-state index is 0.376. The largest absolute Gasteiger partial charge is 0.480 e. The molecule has 0 aliphatic carbocycles. The first-order valence-corrected chi connectivity index (χ1v) is 6.71. The molecule has 0 amide bonds. The Balaban J connectivity index is 5.49. The normalized spacial score (nSPS) is 15.1. The monoisotopic (exact) mass is 216 g/mol. The summed E-state index contributed by atoms with van der Waals surface area (Å²) in [6.07, 6.45) is 0.752. The fourth-order valence-electron chi connectivity index (χ4n) is 1.43. The van der Waals surface area contributed by atoms with Crippen molar-refractivity contribution >= 4 is 13.1 Å². The van der Waals surface area contributed by atoms with Gasteiger partial charge >= 0.3 is 5.97 Å². The topological polar surface area (TPSA) is 54.4 Å². The fourth-order valence-corrected chi connectivity index (χ4v) is 3.81. The van der Waals surface area contributed by atoms with Gasteiger partial charge in [-0.05, 0) is 13.8 Å². The second-order valence-corrected chi connectivity index (χ2v) is 7.21. The van der Waals surface area contributed by atoms with Crippen molar-refractivity contribution in [3.05, 3.63) is 0 Å². The van der Waals surface area contributed by atoms with Crippen molar-refractivity contribution in [2.45, 2.75) is 32.9 Å². The molecule has 0 bridgehead atoms. The summed E-state index contributed by atoms with van der Waals surface area (Å²) in [6.45, 7) is 6.53. The molecular formula is C10H17O3P. The van der Waals surface area contributed by atoms with Crippen LogP contribution in [0.1, 0.15) is 27.7 Å². The van der Waals surface area contributed by atoms with Crippen molar-refractivity contribution in [2.24, 2.45) is 0 Å². The zero-order valence-electron chi connectivity index (χ0n) is 9.13. The van der Waals surface area contributed by atoms with E-state index in [-0.39, 0.29) is 0 Å². The smallest absolute Gasteiger partial charge is 0.329 e. The van der Waals surface area contributed by atoms with E-state index in [4.69, 9.17) is 5.11 Å². The summed E-state index contributed by atoms with van der Waals surface area (Å²) in [5.74, 6) is 4.06. The van der Waals surface area contributed by atoms with E-state index in [1.165, 1.54) is 6.92 Å². The van der Waals surface area contributed by atoms with Crippen molar-refractivity contribution in [1.29, 1.82) is 0 Å². The highest BCUT2D eigenvalue weighted by Gasteiger charge is 2.46. The van der Waals surface area contributed by atoms with Gasteiger partial charge in [-0.15, -0.1) is 5.92 Å². The van der Waals surface area contributed by atoms with Crippen LogP contribution in [0.25, 0.3) is 0 Å². The zero-order chi connectivity index (χ0) is 11.4. The Hall–Kier alpha value is -0.740. The van der Waals surface area contributed by atoms with Crippen molar-refractivity contribution in [2.75, 3.05) is 12.3 Å². The van der Waals surface area contributed by atoms with Crippen LogP contribution in [0.15, 0.2) is 0 Å². The number of carbonyl (C=O) groups is 1. The van der Waals surface area contributed by atoms with E-state index in [0.717, 1.165) is 0 Å². The fraction of sp³-hybridized carbons (Fsp3) is 0.700. The van der Waals surface area contributed by atoms with Crippen LogP contribution in [-0.4, -0.2) is 28.6 Å². The number of carboxylic acids is 1.